The summed E-state index contributed by atoms with van der Waals surface area (Å²) in [6, 6.07) is 11.8. The van der Waals surface area contributed by atoms with Gasteiger partial charge >= 0.3 is 0 Å². The molecule has 8 nitrogen and oxygen atoms in total. The van der Waals surface area contributed by atoms with Gasteiger partial charge in [0, 0.05) is 42.9 Å². The average molecular weight is 453 g/mol. The summed E-state index contributed by atoms with van der Waals surface area (Å²) in [5.74, 6) is 0.0622. The third-order valence-corrected chi connectivity index (χ3v) is 6.19. The molecule has 1 heterocycles. The fourth-order valence-electron chi connectivity index (χ4n) is 3.84. The number of nitro benzene ring substituents is 1. The van der Waals surface area contributed by atoms with E-state index < -0.39 is 10.8 Å². The molecular weight excluding hydrogens is 420 g/mol. The molecule has 1 atom stereocenters. The Balaban J connectivity index is 1.68. The van der Waals surface area contributed by atoms with E-state index in [1.807, 2.05) is 24.8 Å². The highest BCUT2D eigenvalue weighted by Crippen LogP contribution is 2.32. The van der Waals surface area contributed by atoms with Gasteiger partial charge in [-0.3, -0.25) is 19.7 Å². The second kappa shape index (κ2) is 10.9. The van der Waals surface area contributed by atoms with Crippen LogP contribution in [0.1, 0.15) is 66.3 Å². The maximum absolute atomic E-state index is 12.7. The van der Waals surface area contributed by atoms with Gasteiger partial charge in [-0.2, -0.15) is 0 Å². The summed E-state index contributed by atoms with van der Waals surface area (Å²) in [5.41, 5.74) is 2.04. The standard InChI is InChI=1S/C25H32N4O4/c1-4-18(3)27-25(31)20-7-5-6-19(14-20)16-26-24(30)21-8-9-22(23(15-21)29(32)33)28-12-10-17(2)11-13-28/h5-9,14-15,17-18H,4,10-13,16H2,1-3H3,(H,26,30)(H,27,31). The Bertz CT molecular complexity index is 1020. The van der Waals surface area contributed by atoms with Gasteiger partial charge in [0.25, 0.3) is 17.5 Å². The van der Waals surface area contributed by atoms with Gasteiger partial charge in [-0.1, -0.05) is 26.0 Å². The van der Waals surface area contributed by atoms with Gasteiger partial charge in [-0.05, 0) is 61.9 Å². The molecule has 8 heteroatoms. The number of benzene rings is 2. The zero-order valence-corrected chi connectivity index (χ0v) is 19.5. The van der Waals surface area contributed by atoms with Gasteiger partial charge in [-0.25, -0.2) is 0 Å². The summed E-state index contributed by atoms with van der Waals surface area (Å²) < 4.78 is 0. The third kappa shape index (κ3) is 6.31. The minimum atomic E-state index is -0.427. The molecule has 1 fully saturated rings. The first-order valence-electron chi connectivity index (χ1n) is 11.5. The van der Waals surface area contributed by atoms with Gasteiger partial charge < -0.3 is 15.5 Å². The number of hydrogen-bond donors (Lipinski definition) is 2. The number of piperidine rings is 1. The first-order chi connectivity index (χ1) is 15.8. The molecule has 0 bridgehead atoms. The summed E-state index contributed by atoms with van der Waals surface area (Å²) in [5, 5.41) is 17.4. The minimum absolute atomic E-state index is 0.0547. The number of nitrogens with one attached hydrogen (secondary N) is 2. The number of nitrogens with zero attached hydrogens (tertiary/aromatic N) is 2. The number of amides is 2. The van der Waals surface area contributed by atoms with Crippen LogP contribution in [-0.2, 0) is 6.54 Å². The Hall–Kier alpha value is -3.42. The van der Waals surface area contributed by atoms with Crippen LogP contribution in [0.3, 0.4) is 0 Å². The Kier molecular flexibility index (Phi) is 8.03. The predicted octanol–water partition coefficient (Wildman–Crippen LogP) is 4.29. The molecule has 0 aromatic heterocycles. The molecule has 2 N–H and O–H groups in total. The van der Waals surface area contributed by atoms with Crippen molar-refractivity contribution in [3.8, 4) is 0 Å². The Morgan fingerprint density at radius 1 is 1.12 bits per heavy atom. The van der Waals surface area contributed by atoms with Crippen molar-refractivity contribution in [2.24, 2.45) is 5.92 Å². The van der Waals surface area contributed by atoms with Crippen LogP contribution < -0.4 is 15.5 Å². The first-order valence-corrected chi connectivity index (χ1v) is 11.5. The van der Waals surface area contributed by atoms with Gasteiger partial charge in [0.1, 0.15) is 5.69 Å². The van der Waals surface area contributed by atoms with E-state index in [2.05, 4.69) is 17.6 Å². The molecule has 0 spiro atoms. The van der Waals surface area contributed by atoms with Crippen LogP contribution in [0, 0.1) is 16.0 Å². The smallest absolute Gasteiger partial charge is 0.293 e. The molecule has 0 aliphatic carbocycles. The maximum atomic E-state index is 12.7. The fourth-order valence-corrected chi connectivity index (χ4v) is 3.84. The summed E-state index contributed by atoms with van der Waals surface area (Å²) in [6.45, 7) is 7.89. The van der Waals surface area contributed by atoms with Crippen LogP contribution in [0.5, 0.6) is 0 Å². The Morgan fingerprint density at radius 3 is 2.48 bits per heavy atom. The molecule has 1 aliphatic heterocycles. The number of anilines is 1. The van der Waals surface area contributed by atoms with E-state index >= 15 is 0 Å². The van der Waals surface area contributed by atoms with Gasteiger partial charge in [0.2, 0.25) is 0 Å². The SMILES string of the molecule is CCC(C)NC(=O)c1cccc(CNC(=O)c2ccc(N3CCC(C)CC3)c([N+](=O)[O-])c2)c1. The Labute approximate surface area is 194 Å². The molecule has 3 rings (SSSR count). The zero-order valence-electron chi connectivity index (χ0n) is 19.5. The summed E-state index contributed by atoms with van der Waals surface area (Å²) >= 11 is 0. The molecule has 0 saturated carbocycles. The largest absolute Gasteiger partial charge is 0.366 e. The van der Waals surface area contributed by atoms with E-state index in [4.69, 9.17) is 0 Å². The van der Waals surface area contributed by atoms with Crippen molar-refractivity contribution in [2.75, 3.05) is 18.0 Å². The molecule has 1 unspecified atom stereocenters. The topological polar surface area (TPSA) is 105 Å². The van der Waals surface area contributed by atoms with Gasteiger partial charge in [0.15, 0.2) is 0 Å². The monoisotopic (exact) mass is 452 g/mol. The van der Waals surface area contributed by atoms with Crippen LogP contribution in [0.15, 0.2) is 42.5 Å². The second-order valence-electron chi connectivity index (χ2n) is 8.80. The predicted molar refractivity (Wildman–Crippen MR) is 129 cm³/mol. The molecule has 2 amide bonds. The van der Waals surface area contributed by atoms with E-state index in [0.717, 1.165) is 37.9 Å². The van der Waals surface area contributed by atoms with Crippen molar-refractivity contribution >= 4 is 23.2 Å². The quantitative estimate of drug-likeness (QED) is 0.459. The number of carbonyl (C=O) groups is 2. The molecule has 2 aromatic rings. The summed E-state index contributed by atoms with van der Waals surface area (Å²) in [4.78, 5) is 38.3. The Morgan fingerprint density at radius 2 is 1.82 bits per heavy atom. The molecule has 33 heavy (non-hydrogen) atoms. The van der Waals surface area contributed by atoms with Gasteiger partial charge in [0.05, 0.1) is 4.92 Å². The molecule has 1 saturated heterocycles. The highest BCUT2D eigenvalue weighted by molar-refractivity contribution is 5.96. The lowest BCUT2D eigenvalue weighted by molar-refractivity contribution is -0.384. The first kappa shape index (κ1) is 24.2. The summed E-state index contributed by atoms with van der Waals surface area (Å²) in [7, 11) is 0. The molecule has 1 aliphatic rings. The molecular formula is C25H32N4O4. The highest BCUT2D eigenvalue weighted by Gasteiger charge is 2.24. The summed E-state index contributed by atoms with van der Waals surface area (Å²) in [6.07, 6.45) is 2.82. The maximum Gasteiger partial charge on any atom is 0.293 e. The van der Waals surface area contributed by atoms with Crippen molar-refractivity contribution in [1.82, 2.24) is 10.6 Å². The minimum Gasteiger partial charge on any atom is -0.366 e. The average Bonchev–Trinajstić information content (AvgIpc) is 2.82. The number of carbonyl (C=O) groups excluding carboxylic acids is 2. The number of hydrogen-bond acceptors (Lipinski definition) is 5. The van der Waals surface area contributed by atoms with Crippen molar-refractivity contribution < 1.29 is 14.5 Å². The van der Waals surface area contributed by atoms with E-state index in [0.29, 0.717) is 17.2 Å². The fraction of sp³-hybridized carbons (Fsp3) is 0.440. The van der Waals surface area contributed by atoms with E-state index in [9.17, 15) is 19.7 Å². The van der Waals surface area contributed by atoms with Crippen LogP contribution >= 0.6 is 0 Å². The normalized spacial score (nSPS) is 15.1. The third-order valence-electron chi connectivity index (χ3n) is 6.19. The molecule has 2 aromatic carbocycles. The second-order valence-corrected chi connectivity index (χ2v) is 8.80. The van der Waals surface area contributed by atoms with Crippen LogP contribution in [0.2, 0.25) is 0 Å². The van der Waals surface area contributed by atoms with Gasteiger partial charge in [-0.15, -0.1) is 0 Å². The number of rotatable bonds is 8. The highest BCUT2D eigenvalue weighted by atomic mass is 16.6. The molecule has 0 radical (unpaired) electrons. The lowest BCUT2D eigenvalue weighted by atomic mass is 9.98. The van der Waals surface area contributed by atoms with Crippen molar-refractivity contribution in [3.05, 3.63) is 69.3 Å². The van der Waals surface area contributed by atoms with Crippen molar-refractivity contribution in [2.45, 2.75) is 52.6 Å². The van der Waals surface area contributed by atoms with E-state index in [1.165, 1.54) is 6.07 Å². The van der Waals surface area contributed by atoms with E-state index in [-0.39, 0.29) is 29.7 Å². The van der Waals surface area contributed by atoms with Crippen molar-refractivity contribution in [3.63, 3.8) is 0 Å². The van der Waals surface area contributed by atoms with Crippen LogP contribution in [0.4, 0.5) is 11.4 Å². The van der Waals surface area contributed by atoms with Crippen molar-refractivity contribution in [1.29, 1.82) is 0 Å². The lowest BCUT2D eigenvalue weighted by Gasteiger charge is -2.31. The molecule has 176 valence electrons. The van der Waals surface area contributed by atoms with Crippen LogP contribution in [-0.4, -0.2) is 35.9 Å². The van der Waals surface area contributed by atoms with E-state index in [1.54, 1.807) is 30.3 Å². The zero-order chi connectivity index (χ0) is 24.0. The van der Waals surface area contributed by atoms with Crippen LogP contribution in [0.25, 0.3) is 0 Å². The number of nitro groups is 1. The lowest BCUT2D eigenvalue weighted by Crippen LogP contribution is -2.33.